The van der Waals surface area contributed by atoms with Gasteiger partial charge < -0.3 is 10.6 Å². The third-order valence-electron chi connectivity index (χ3n) is 6.31. The van der Waals surface area contributed by atoms with E-state index < -0.39 is 0 Å². The number of piperidine rings is 1. The van der Waals surface area contributed by atoms with Gasteiger partial charge in [0.15, 0.2) is 0 Å². The smallest absolute Gasteiger partial charge is 0.267 e. The van der Waals surface area contributed by atoms with Crippen molar-refractivity contribution in [2.75, 3.05) is 18.0 Å². The summed E-state index contributed by atoms with van der Waals surface area (Å²) in [6.07, 6.45) is 5.34. The molecule has 0 radical (unpaired) electrons. The zero-order valence-electron chi connectivity index (χ0n) is 18.9. The molecule has 0 saturated carbocycles. The van der Waals surface area contributed by atoms with Crippen LogP contribution in [0.4, 0.5) is 5.82 Å². The van der Waals surface area contributed by atoms with Crippen molar-refractivity contribution in [3.05, 3.63) is 44.7 Å². The van der Waals surface area contributed by atoms with Crippen molar-refractivity contribution in [1.29, 1.82) is 0 Å². The summed E-state index contributed by atoms with van der Waals surface area (Å²) in [5.74, 6) is -0.154. The van der Waals surface area contributed by atoms with Crippen molar-refractivity contribution in [3.8, 4) is 0 Å². The van der Waals surface area contributed by atoms with Gasteiger partial charge in [-0.3, -0.25) is 23.7 Å². The predicted octanol–water partition coefficient (Wildman–Crippen LogP) is 2.70. The van der Waals surface area contributed by atoms with Crippen molar-refractivity contribution in [2.24, 2.45) is 11.7 Å². The van der Waals surface area contributed by atoms with Crippen LogP contribution >= 0.6 is 24.0 Å². The number of amides is 2. The molecule has 1 unspecified atom stereocenters. The summed E-state index contributed by atoms with van der Waals surface area (Å²) >= 11 is 6.66. The molecule has 2 aromatic heterocycles. The first-order valence-electron chi connectivity index (χ1n) is 11.1. The van der Waals surface area contributed by atoms with Gasteiger partial charge in [-0.1, -0.05) is 37.0 Å². The van der Waals surface area contributed by atoms with Gasteiger partial charge in [-0.25, -0.2) is 4.98 Å². The van der Waals surface area contributed by atoms with E-state index in [1.54, 1.807) is 17.2 Å². The number of rotatable bonds is 5. The van der Waals surface area contributed by atoms with E-state index in [1.165, 1.54) is 16.2 Å². The number of aryl methyl sites for hydroxylation is 1. The molecule has 8 nitrogen and oxygen atoms in total. The van der Waals surface area contributed by atoms with Crippen LogP contribution in [-0.2, 0) is 9.59 Å². The number of thiocarbonyl (C=S) groups is 1. The van der Waals surface area contributed by atoms with Crippen molar-refractivity contribution >= 4 is 57.7 Å². The lowest BCUT2D eigenvalue weighted by Crippen LogP contribution is -2.40. The van der Waals surface area contributed by atoms with Gasteiger partial charge in [0.2, 0.25) is 5.91 Å². The molecule has 2 fully saturated rings. The van der Waals surface area contributed by atoms with E-state index in [0.29, 0.717) is 52.2 Å². The van der Waals surface area contributed by atoms with Crippen LogP contribution in [-0.4, -0.2) is 49.6 Å². The number of carbonyl (C=O) groups is 2. The van der Waals surface area contributed by atoms with E-state index in [2.05, 4.69) is 0 Å². The SMILES string of the molecule is CCC(C)N1C(=O)/C(=C\c2c(N3CCC(C(N)=O)CC3)nc3ccc(C)cn3c2=O)SC1=S. The van der Waals surface area contributed by atoms with Gasteiger partial charge in [0.1, 0.15) is 15.8 Å². The van der Waals surface area contributed by atoms with Gasteiger partial charge in [-0.05, 0) is 50.8 Å². The van der Waals surface area contributed by atoms with Crippen LogP contribution in [0, 0.1) is 12.8 Å². The minimum atomic E-state index is -0.300. The minimum absolute atomic E-state index is 0.0193. The summed E-state index contributed by atoms with van der Waals surface area (Å²) in [7, 11) is 0. The summed E-state index contributed by atoms with van der Waals surface area (Å²) in [5, 5.41) is 0. The lowest BCUT2D eigenvalue weighted by atomic mass is 9.96. The number of nitrogens with two attached hydrogens (primary N) is 1. The highest BCUT2D eigenvalue weighted by molar-refractivity contribution is 8.26. The van der Waals surface area contributed by atoms with Gasteiger partial charge in [0.25, 0.3) is 11.5 Å². The number of aromatic nitrogens is 2. The lowest BCUT2D eigenvalue weighted by molar-refractivity contribution is -0.123. The van der Waals surface area contributed by atoms with Gasteiger partial charge in [0, 0.05) is 31.2 Å². The number of thioether (sulfide) groups is 1. The number of nitrogens with zero attached hydrogens (tertiary/aromatic N) is 4. The molecule has 4 rings (SSSR count). The van der Waals surface area contributed by atoms with E-state index in [9.17, 15) is 14.4 Å². The molecule has 1 atom stereocenters. The van der Waals surface area contributed by atoms with E-state index >= 15 is 0 Å². The number of hydrogen-bond donors (Lipinski definition) is 1. The Labute approximate surface area is 201 Å². The molecule has 0 bridgehead atoms. The van der Waals surface area contributed by atoms with Crippen LogP contribution in [0.15, 0.2) is 28.0 Å². The molecule has 2 aromatic rings. The molecule has 2 saturated heterocycles. The Morgan fingerprint density at radius 2 is 2.03 bits per heavy atom. The van der Waals surface area contributed by atoms with Crippen molar-refractivity contribution in [1.82, 2.24) is 14.3 Å². The van der Waals surface area contributed by atoms with Gasteiger partial charge in [-0.2, -0.15) is 0 Å². The molecular formula is C23H27N5O3S2. The number of pyridine rings is 1. The molecule has 2 N–H and O–H groups in total. The number of hydrogen-bond acceptors (Lipinski definition) is 7. The van der Waals surface area contributed by atoms with Crippen LogP contribution in [0.5, 0.6) is 0 Å². The number of primary amides is 1. The second-order valence-electron chi connectivity index (χ2n) is 8.56. The topological polar surface area (TPSA) is 101 Å². The summed E-state index contributed by atoms with van der Waals surface area (Å²) in [6, 6.07) is 3.69. The summed E-state index contributed by atoms with van der Waals surface area (Å²) < 4.78 is 2.00. The summed E-state index contributed by atoms with van der Waals surface area (Å²) in [4.78, 5) is 47.1. The highest BCUT2D eigenvalue weighted by atomic mass is 32.2. The van der Waals surface area contributed by atoms with Crippen LogP contribution in [0.25, 0.3) is 11.7 Å². The summed E-state index contributed by atoms with van der Waals surface area (Å²) in [6.45, 7) is 6.97. The molecule has 0 aliphatic carbocycles. The van der Waals surface area contributed by atoms with E-state index in [0.717, 1.165) is 12.0 Å². The third kappa shape index (κ3) is 4.41. The van der Waals surface area contributed by atoms with E-state index in [-0.39, 0.29) is 29.3 Å². The predicted molar refractivity (Wildman–Crippen MR) is 135 cm³/mol. The zero-order chi connectivity index (χ0) is 23.9. The molecular weight excluding hydrogens is 458 g/mol. The Balaban J connectivity index is 1.82. The second-order valence-corrected chi connectivity index (χ2v) is 10.2. The monoisotopic (exact) mass is 485 g/mol. The Bertz CT molecular complexity index is 1230. The normalized spacial score (nSPS) is 19.7. The molecule has 2 aliphatic heterocycles. The second kappa shape index (κ2) is 9.26. The maximum Gasteiger partial charge on any atom is 0.267 e. The maximum absolute atomic E-state index is 13.6. The maximum atomic E-state index is 13.6. The highest BCUT2D eigenvalue weighted by Gasteiger charge is 2.35. The van der Waals surface area contributed by atoms with Gasteiger partial charge in [0.05, 0.1) is 10.5 Å². The average molecular weight is 486 g/mol. The quantitative estimate of drug-likeness (QED) is 0.513. The molecule has 0 spiro atoms. The molecule has 174 valence electrons. The Hall–Kier alpha value is -2.72. The number of anilines is 1. The van der Waals surface area contributed by atoms with Gasteiger partial charge in [-0.15, -0.1) is 0 Å². The lowest BCUT2D eigenvalue weighted by Gasteiger charge is -2.32. The van der Waals surface area contributed by atoms with Crippen molar-refractivity contribution in [2.45, 2.75) is 46.1 Å². The highest BCUT2D eigenvalue weighted by Crippen LogP contribution is 2.35. The average Bonchev–Trinajstić information content (AvgIpc) is 3.08. The van der Waals surface area contributed by atoms with Crippen molar-refractivity contribution < 1.29 is 9.59 Å². The molecule has 0 aromatic carbocycles. The first-order valence-corrected chi connectivity index (χ1v) is 12.3. The molecule has 33 heavy (non-hydrogen) atoms. The van der Waals surface area contributed by atoms with Crippen LogP contribution in [0.3, 0.4) is 0 Å². The Kier molecular flexibility index (Phi) is 6.58. The fourth-order valence-corrected chi connectivity index (χ4v) is 5.61. The van der Waals surface area contributed by atoms with Crippen LogP contribution in [0.2, 0.25) is 0 Å². The number of fused-ring (bicyclic) bond motifs is 1. The molecule has 2 amide bonds. The first kappa shape index (κ1) is 23.4. The fourth-order valence-electron chi connectivity index (χ4n) is 4.16. The largest absolute Gasteiger partial charge is 0.369 e. The van der Waals surface area contributed by atoms with E-state index in [4.69, 9.17) is 22.9 Å². The zero-order valence-corrected chi connectivity index (χ0v) is 20.5. The first-order chi connectivity index (χ1) is 15.7. The van der Waals surface area contributed by atoms with Crippen LogP contribution < -0.4 is 16.2 Å². The minimum Gasteiger partial charge on any atom is -0.369 e. The standard InChI is InChI=1S/C23H27N5O3S2/c1-4-14(3)28-22(31)17(33-23(28)32)11-16-20(26-9-7-15(8-10-26)19(24)29)25-18-6-5-13(2)12-27(18)21(16)30/h5-6,11-12,14-15H,4,7-10H2,1-3H3,(H2,24,29)/b17-11+. The third-order valence-corrected chi connectivity index (χ3v) is 7.64. The number of carbonyl (C=O) groups excluding carboxylic acids is 2. The molecule has 2 aliphatic rings. The Morgan fingerprint density at radius 3 is 2.67 bits per heavy atom. The van der Waals surface area contributed by atoms with E-state index in [1.807, 2.05) is 37.8 Å². The molecule has 10 heteroatoms. The fraction of sp³-hybridized carbons (Fsp3) is 0.435. The van der Waals surface area contributed by atoms with Gasteiger partial charge >= 0.3 is 0 Å². The Morgan fingerprint density at radius 1 is 1.33 bits per heavy atom. The summed E-state index contributed by atoms with van der Waals surface area (Å²) in [5.41, 5.74) is 7.04. The molecule has 4 heterocycles. The van der Waals surface area contributed by atoms with Crippen LogP contribution in [0.1, 0.15) is 44.2 Å². The van der Waals surface area contributed by atoms with Crippen molar-refractivity contribution in [3.63, 3.8) is 0 Å².